The summed E-state index contributed by atoms with van der Waals surface area (Å²) in [6.45, 7) is 6.86. The molecule has 0 radical (unpaired) electrons. The Balaban J connectivity index is 2.38. The minimum absolute atomic E-state index is 0.0451. The number of hydrogen-bond donors (Lipinski definition) is 2. The van der Waals surface area contributed by atoms with Crippen LogP contribution in [0.2, 0.25) is 0 Å². The van der Waals surface area contributed by atoms with Crippen LogP contribution in [0.1, 0.15) is 38.6 Å². The van der Waals surface area contributed by atoms with E-state index in [9.17, 15) is 9.90 Å². The van der Waals surface area contributed by atoms with Crippen LogP contribution >= 0.6 is 0 Å². The summed E-state index contributed by atoms with van der Waals surface area (Å²) in [6, 6.07) is 0. The van der Waals surface area contributed by atoms with Crippen LogP contribution in [0.5, 0.6) is 0 Å². The Hall–Kier alpha value is -1.63. The standard InChI is InChI=1S/C10H17N3O4/c1-6-12-8(17-13-6)7(14)5-11-9(15)16-10(2,3)4/h7,14H,5H2,1-4H3,(H,11,15). The molecule has 0 saturated carbocycles. The van der Waals surface area contributed by atoms with Crippen LogP contribution in [-0.2, 0) is 4.74 Å². The first-order chi connectivity index (χ1) is 7.78. The summed E-state index contributed by atoms with van der Waals surface area (Å²) >= 11 is 0. The van der Waals surface area contributed by atoms with Crippen molar-refractivity contribution in [3.8, 4) is 0 Å². The molecule has 1 unspecified atom stereocenters. The first-order valence-electron chi connectivity index (χ1n) is 5.23. The number of carbonyl (C=O) groups is 1. The van der Waals surface area contributed by atoms with Crippen molar-refractivity contribution >= 4 is 6.09 Å². The number of nitrogens with one attached hydrogen (secondary N) is 1. The van der Waals surface area contributed by atoms with Gasteiger partial charge in [-0.15, -0.1) is 0 Å². The van der Waals surface area contributed by atoms with Crippen molar-refractivity contribution in [3.63, 3.8) is 0 Å². The fourth-order valence-corrected chi connectivity index (χ4v) is 1.03. The molecule has 1 rings (SSSR count). The smallest absolute Gasteiger partial charge is 0.407 e. The number of aryl methyl sites for hydroxylation is 1. The van der Waals surface area contributed by atoms with Gasteiger partial charge in [-0.1, -0.05) is 5.16 Å². The Kier molecular flexibility index (Phi) is 4.06. The fraction of sp³-hybridized carbons (Fsp3) is 0.700. The molecule has 0 saturated heterocycles. The molecule has 2 N–H and O–H groups in total. The lowest BCUT2D eigenvalue weighted by Gasteiger charge is -2.20. The van der Waals surface area contributed by atoms with Gasteiger partial charge in [-0.05, 0) is 27.7 Å². The molecule has 1 atom stereocenters. The average molecular weight is 243 g/mol. The van der Waals surface area contributed by atoms with Crippen LogP contribution in [0.4, 0.5) is 4.79 Å². The summed E-state index contributed by atoms with van der Waals surface area (Å²) in [5.74, 6) is 0.495. The predicted octanol–water partition coefficient (Wildman–Crippen LogP) is 0.936. The molecule has 1 aromatic rings. The maximum Gasteiger partial charge on any atom is 0.407 e. The van der Waals surface area contributed by atoms with Crippen LogP contribution in [0.25, 0.3) is 0 Å². The van der Waals surface area contributed by atoms with Gasteiger partial charge in [-0.2, -0.15) is 4.98 Å². The zero-order valence-corrected chi connectivity index (χ0v) is 10.4. The van der Waals surface area contributed by atoms with E-state index in [0.717, 1.165) is 0 Å². The molecule has 1 aromatic heterocycles. The minimum atomic E-state index is -1.04. The highest BCUT2D eigenvalue weighted by molar-refractivity contribution is 5.67. The van der Waals surface area contributed by atoms with Crippen LogP contribution in [0.3, 0.4) is 0 Å². The predicted molar refractivity (Wildman–Crippen MR) is 58.2 cm³/mol. The van der Waals surface area contributed by atoms with Gasteiger partial charge in [0.25, 0.3) is 5.89 Å². The molecular formula is C10H17N3O4. The summed E-state index contributed by atoms with van der Waals surface area (Å²) in [6.07, 6.45) is -1.64. The van der Waals surface area contributed by atoms with Crippen molar-refractivity contribution in [1.29, 1.82) is 0 Å². The van der Waals surface area contributed by atoms with Crippen LogP contribution in [-0.4, -0.2) is 33.5 Å². The SMILES string of the molecule is Cc1noc(C(O)CNC(=O)OC(C)(C)C)n1. The normalized spacial score (nSPS) is 13.2. The van der Waals surface area contributed by atoms with Crippen molar-refractivity contribution in [2.24, 2.45) is 0 Å². The zero-order chi connectivity index (χ0) is 13.1. The quantitative estimate of drug-likeness (QED) is 0.819. The maximum absolute atomic E-state index is 11.3. The molecule has 0 aliphatic carbocycles. The minimum Gasteiger partial charge on any atom is -0.444 e. The Morgan fingerprint density at radius 1 is 1.59 bits per heavy atom. The Bertz CT molecular complexity index is 383. The molecule has 7 nitrogen and oxygen atoms in total. The van der Waals surface area contributed by atoms with Gasteiger partial charge in [0, 0.05) is 0 Å². The summed E-state index contributed by atoms with van der Waals surface area (Å²) in [5.41, 5.74) is -0.573. The van der Waals surface area contributed by atoms with E-state index in [1.165, 1.54) is 0 Å². The number of rotatable bonds is 3. The number of nitrogens with zero attached hydrogens (tertiary/aromatic N) is 2. The number of aromatic nitrogens is 2. The molecule has 7 heteroatoms. The van der Waals surface area contributed by atoms with E-state index >= 15 is 0 Å². The number of alkyl carbamates (subject to hydrolysis) is 1. The van der Waals surface area contributed by atoms with Gasteiger partial charge in [0.05, 0.1) is 6.54 Å². The number of amides is 1. The second-order valence-electron chi connectivity index (χ2n) is 4.58. The number of ether oxygens (including phenoxy) is 1. The second kappa shape index (κ2) is 5.13. The van der Waals surface area contributed by atoms with E-state index in [0.29, 0.717) is 5.82 Å². The molecular weight excluding hydrogens is 226 g/mol. The van der Waals surface area contributed by atoms with Gasteiger partial charge in [0.1, 0.15) is 5.60 Å². The number of aliphatic hydroxyl groups is 1. The van der Waals surface area contributed by atoms with Crippen molar-refractivity contribution in [2.45, 2.75) is 39.4 Å². The molecule has 1 heterocycles. The molecule has 0 aromatic carbocycles. The molecule has 0 aliphatic heterocycles. The van der Waals surface area contributed by atoms with E-state index in [4.69, 9.17) is 9.26 Å². The highest BCUT2D eigenvalue weighted by Crippen LogP contribution is 2.10. The van der Waals surface area contributed by atoms with Crippen LogP contribution in [0, 0.1) is 6.92 Å². The van der Waals surface area contributed by atoms with Crippen molar-refractivity contribution < 1.29 is 19.2 Å². The summed E-state index contributed by atoms with van der Waals surface area (Å²) < 4.78 is 9.76. The summed E-state index contributed by atoms with van der Waals surface area (Å²) in [7, 11) is 0. The summed E-state index contributed by atoms with van der Waals surface area (Å²) in [4.78, 5) is 15.1. The molecule has 0 spiro atoms. The fourth-order valence-electron chi connectivity index (χ4n) is 1.03. The van der Waals surface area contributed by atoms with Crippen molar-refractivity contribution in [3.05, 3.63) is 11.7 Å². The molecule has 1 amide bonds. The van der Waals surface area contributed by atoms with Crippen LogP contribution in [0.15, 0.2) is 4.52 Å². The molecule has 0 fully saturated rings. The highest BCUT2D eigenvalue weighted by Gasteiger charge is 2.19. The van der Waals surface area contributed by atoms with Crippen molar-refractivity contribution in [1.82, 2.24) is 15.5 Å². The second-order valence-corrected chi connectivity index (χ2v) is 4.58. The largest absolute Gasteiger partial charge is 0.444 e. The van der Waals surface area contributed by atoms with Gasteiger partial charge in [-0.25, -0.2) is 4.79 Å². The number of carbonyl (C=O) groups excluding carboxylic acids is 1. The third-order valence-electron chi connectivity index (χ3n) is 1.67. The number of aliphatic hydroxyl groups excluding tert-OH is 1. The van der Waals surface area contributed by atoms with E-state index in [1.807, 2.05) is 0 Å². The Morgan fingerprint density at radius 3 is 2.71 bits per heavy atom. The van der Waals surface area contributed by atoms with E-state index < -0.39 is 17.8 Å². The van der Waals surface area contributed by atoms with Gasteiger partial charge >= 0.3 is 6.09 Å². The Morgan fingerprint density at radius 2 is 2.24 bits per heavy atom. The number of hydrogen-bond acceptors (Lipinski definition) is 6. The maximum atomic E-state index is 11.3. The highest BCUT2D eigenvalue weighted by atomic mass is 16.6. The topological polar surface area (TPSA) is 97.5 Å². The van der Waals surface area contributed by atoms with Gasteiger partial charge in [-0.3, -0.25) is 0 Å². The first-order valence-corrected chi connectivity index (χ1v) is 5.23. The van der Waals surface area contributed by atoms with Gasteiger partial charge in [0.15, 0.2) is 11.9 Å². The lowest BCUT2D eigenvalue weighted by Crippen LogP contribution is -2.34. The molecule has 96 valence electrons. The monoisotopic (exact) mass is 243 g/mol. The van der Waals surface area contributed by atoms with E-state index in [1.54, 1.807) is 27.7 Å². The van der Waals surface area contributed by atoms with Gasteiger partial charge < -0.3 is 19.7 Å². The summed E-state index contributed by atoms with van der Waals surface area (Å²) in [5, 5.41) is 15.6. The van der Waals surface area contributed by atoms with Gasteiger partial charge in [0.2, 0.25) is 0 Å². The van der Waals surface area contributed by atoms with Crippen molar-refractivity contribution in [2.75, 3.05) is 6.54 Å². The van der Waals surface area contributed by atoms with Crippen LogP contribution < -0.4 is 5.32 Å². The third kappa shape index (κ3) is 4.81. The third-order valence-corrected chi connectivity index (χ3v) is 1.67. The lowest BCUT2D eigenvalue weighted by atomic mass is 10.2. The first kappa shape index (κ1) is 13.4. The average Bonchev–Trinajstić information content (AvgIpc) is 2.58. The zero-order valence-electron chi connectivity index (χ0n) is 10.4. The molecule has 17 heavy (non-hydrogen) atoms. The molecule has 0 bridgehead atoms. The molecule has 0 aliphatic rings. The lowest BCUT2D eigenvalue weighted by molar-refractivity contribution is 0.0476. The van der Waals surface area contributed by atoms with E-state index in [2.05, 4.69) is 15.5 Å². The Labute approximate surface area is 99.2 Å². The van der Waals surface area contributed by atoms with E-state index in [-0.39, 0.29) is 12.4 Å².